The van der Waals surface area contributed by atoms with E-state index < -0.39 is 0 Å². The Hall–Kier alpha value is -1.88. The maximum absolute atomic E-state index is 12.8. The summed E-state index contributed by atoms with van der Waals surface area (Å²) >= 11 is 3.42. The van der Waals surface area contributed by atoms with Gasteiger partial charge in [-0.2, -0.15) is 0 Å². The SMILES string of the molecule is CCOC(=O)c1ccc(NCc2ccc(F)cc2)c(Br)c1. The first-order chi connectivity index (χ1) is 10.1. The maximum atomic E-state index is 12.8. The van der Waals surface area contributed by atoms with Gasteiger partial charge in [-0.1, -0.05) is 12.1 Å². The molecule has 0 aliphatic carbocycles. The Labute approximate surface area is 131 Å². The number of carbonyl (C=O) groups is 1. The maximum Gasteiger partial charge on any atom is 0.338 e. The van der Waals surface area contributed by atoms with E-state index in [2.05, 4.69) is 21.2 Å². The van der Waals surface area contributed by atoms with E-state index in [4.69, 9.17) is 4.74 Å². The summed E-state index contributed by atoms with van der Waals surface area (Å²) in [6, 6.07) is 11.5. The van der Waals surface area contributed by atoms with Crippen molar-refractivity contribution in [1.29, 1.82) is 0 Å². The van der Waals surface area contributed by atoms with Crippen LogP contribution in [0.25, 0.3) is 0 Å². The zero-order chi connectivity index (χ0) is 15.2. The lowest BCUT2D eigenvalue weighted by molar-refractivity contribution is 0.0526. The van der Waals surface area contributed by atoms with Crippen LogP contribution in [0.1, 0.15) is 22.8 Å². The Morgan fingerprint density at radius 1 is 1.24 bits per heavy atom. The molecule has 0 aliphatic rings. The number of esters is 1. The Morgan fingerprint density at radius 2 is 1.95 bits per heavy atom. The van der Waals surface area contributed by atoms with Gasteiger partial charge in [0.1, 0.15) is 5.82 Å². The molecule has 0 unspecified atom stereocenters. The van der Waals surface area contributed by atoms with Crippen molar-refractivity contribution < 1.29 is 13.9 Å². The van der Waals surface area contributed by atoms with Crippen molar-refractivity contribution in [2.45, 2.75) is 13.5 Å². The van der Waals surface area contributed by atoms with Crippen LogP contribution in [0.3, 0.4) is 0 Å². The molecule has 3 nitrogen and oxygen atoms in total. The summed E-state index contributed by atoms with van der Waals surface area (Å²) in [4.78, 5) is 11.6. The van der Waals surface area contributed by atoms with Crippen LogP contribution in [0, 0.1) is 5.82 Å². The van der Waals surface area contributed by atoms with Crippen molar-refractivity contribution in [3.63, 3.8) is 0 Å². The number of carbonyl (C=O) groups excluding carboxylic acids is 1. The Kier molecular flexibility index (Phi) is 5.33. The van der Waals surface area contributed by atoms with Crippen molar-refractivity contribution in [3.05, 3.63) is 63.9 Å². The van der Waals surface area contributed by atoms with Gasteiger partial charge in [-0.25, -0.2) is 9.18 Å². The molecule has 2 aromatic carbocycles. The normalized spacial score (nSPS) is 10.2. The van der Waals surface area contributed by atoms with Gasteiger partial charge in [0, 0.05) is 16.7 Å². The number of benzene rings is 2. The monoisotopic (exact) mass is 351 g/mol. The minimum atomic E-state index is -0.344. The van der Waals surface area contributed by atoms with Crippen LogP contribution in [0.15, 0.2) is 46.9 Å². The molecule has 0 atom stereocenters. The standard InChI is InChI=1S/C16H15BrFNO2/c1-2-21-16(20)12-5-8-15(14(17)9-12)19-10-11-3-6-13(18)7-4-11/h3-9,19H,2,10H2,1H3. The molecule has 0 saturated carbocycles. The number of rotatable bonds is 5. The van der Waals surface area contributed by atoms with E-state index in [1.807, 2.05) is 0 Å². The number of anilines is 1. The van der Waals surface area contributed by atoms with E-state index in [1.165, 1.54) is 12.1 Å². The summed E-state index contributed by atoms with van der Waals surface area (Å²) in [5.41, 5.74) is 2.32. The molecule has 0 bridgehead atoms. The van der Waals surface area contributed by atoms with Gasteiger partial charge in [-0.3, -0.25) is 0 Å². The predicted molar refractivity (Wildman–Crippen MR) is 83.8 cm³/mol. The lowest BCUT2D eigenvalue weighted by Gasteiger charge is -2.10. The Bertz CT molecular complexity index is 629. The topological polar surface area (TPSA) is 38.3 Å². The molecule has 2 rings (SSSR count). The first kappa shape index (κ1) is 15.5. The van der Waals surface area contributed by atoms with Gasteiger partial charge in [0.05, 0.1) is 12.2 Å². The highest BCUT2D eigenvalue weighted by atomic mass is 79.9. The van der Waals surface area contributed by atoms with Crippen molar-refractivity contribution in [1.82, 2.24) is 0 Å². The molecule has 0 saturated heterocycles. The first-order valence-corrected chi connectivity index (χ1v) is 7.34. The Balaban J connectivity index is 2.04. The highest BCUT2D eigenvalue weighted by Gasteiger charge is 2.09. The van der Waals surface area contributed by atoms with Crippen LogP contribution < -0.4 is 5.32 Å². The number of nitrogens with one attached hydrogen (secondary N) is 1. The van der Waals surface area contributed by atoms with Crippen molar-refractivity contribution in [2.24, 2.45) is 0 Å². The minimum absolute atomic E-state index is 0.251. The smallest absolute Gasteiger partial charge is 0.338 e. The van der Waals surface area contributed by atoms with E-state index in [9.17, 15) is 9.18 Å². The minimum Gasteiger partial charge on any atom is -0.462 e. The van der Waals surface area contributed by atoms with Crippen molar-refractivity contribution >= 4 is 27.6 Å². The van der Waals surface area contributed by atoms with Gasteiger partial charge in [0.2, 0.25) is 0 Å². The second-order valence-electron chi connectivity index (χ2n) is 4.40. The highest BCUT2D eigenvalue weighted by molar-refractivity contribution is 9.10. The summed E-state index contributed by atoms with van der Waals surface area (Å²) < 4.78 is 18.5. The highest BCUT2D eigenvalue weighted by Crippen LogP contribution is 2.24. The zero-order valence-electron chi connectivity index (χ0n) is 11.5. The van der Waals surface area contributed by atoms with Crippen molar-refractivity contribution in [2.75, 3.05) is 11.9 Å². The third-order valence-electron chi connectivity index (χ3n) is 2.88. The van der Waals surface area contributed by atoms with E-state index in [-0.39, 0.29) is 11.8 Å². The molecule has 1 N–H and O–H groups in total. The second kappa shape index (κ2) is 7.22. The molecule has 5 heteroatoms. The fourth-order valence-corrected chi connectivity index (χ4v) is 2.32. The molecular formula is C16H15BrFNO2. The average molecular weight is 352 g/mol. The van der Waals surface area contributed by atoms with Crippen LogP contribution in [0.2, 0.25) is 0 Å². The van der Waals surface area contributed by atoms with Crippen LogP contribution >= 0.6 is 15.9 Å². The van der Waals surface area contributed by atoms with Gasteiger partial charge >= 0.3 is 5.97 Å². The molecule has 21 heavy (non-hydrogen) atoms. The number of hydrogen-bond donors (Lipinski definition) is 1. The zero-order valence-corrected chi connectivity index (χ0v) is 13.1. The molecule has 0 fully saturated rings. The summed E-state index contributed by atoms with van der Waals surface area (Å²) in [5, 5.41) is 3.23. The van der Waals surface area contributed by atoms with Crippen LogP contribution in [-0.4, -0.2) is 12.6 Å². The van der Waals surface area contributed by atoms with Crippen LogP contribution in [0.5, 0.6) is 0 Å². The summed E-state index contributed by atoms with van der Waals surface area (Å²) in [6.45, 7) is 2.68. The average Bonchev–Trinajstić information content (AvgIpc) is 2.48. The second-order valence-corrected chi connectivity index (χ2v) is 5.25. The molecule has 0 spiro atoms. The van der Waals surface area contributed by atoms with E-state index in [0.29, 0.717) is 18.7 Å². The lowest BCUT2D eigenvalue weighted by atomic mass is 10.2. The molecule has 0 amide bonds. The van der Waals surface area contributed by atoms with Gasteiger partial charge in [-0.05, 0) is 58.7 Å². The number of ether oxygens (including phenoxy) is 1. The molecule has 110 valence electrons. The third-order valence-corrected chi connectivity index (χ3v) is 3.53. The molecule has 0 aromatic heterocycles. The quantitative estimate of drug-likeness (QED) is 0.812. The largest absolute Gasteiger partial charge is 0.462 e. The fraction of sp³-hybridized carbons (Fsp3) is 0.188. The van der Waals surface area contributed by atoms with Crippen LogP contribution in [-0.2, 0) is 11.3 Å². The van der Waals surface area contributed by atoms with E-state index in [0.717, 1.165) is 15.7 Å². The molecule has 0 radical (unpaired) electrons. The van der Waals surface area contributed by atoms with E-state index in [1.54, 1.807) is 37.3 Å². The van der Waals surface area contributed by atoms with Gasteiger partial charge < -0.3 is 10.1 Å². The number of halogens is 2. The third kappa shape index (κ3) is 4.29. The van der Waals surface area contributed by atoms with Gasteiger partial charge in [0.25, 0.3) is 0 Å². The van der Waals surface area contributed by atoms with E-state index >= 15 is 0 Å². The molecule has 0 heterocycles. The Morgan fingerprint density at radius 3 is 2.57 bits per heavy atom. The van der Waals surface area contributed by atoms with Gasteiger partial charge in [-0.15, -0.1) is 0 Å². The lowest BCUT2D eigenvalue weighted by Crippen LogP contribution is -2.06. The summed E-state index contributed by atoms with van der Waals surface area (Å²) in [7, 11) is 0. The molecule has 0 aliphatic heterocycles. The fourth-order valence-electron chi connectivity index (χ4n) is 1.80. The first-order valence-electron chi connectivity index (χ1n) is 6.55. The van der Waals surface area contributed by atoms with Crippen molar-refractivity contribution in [3.8, 4) is 0 Å². The molecule has 2 aromatic rings. The predicted octanol–water partition coefficient (Wildman–Crippen LogP) is 4.38. The van der Waals surface area contributed by atoms with Gasteiger partial charge in [0.15, 0.2) is 0 Å². The van der Waals surface area contributed by atoms with Crippen LogP contribution in [0.4, 0.5) is 10.1 Å². The summed E-state index contributed by atoms with van der Waals surface area (Å²) in [6.07, 6.45) is 0. The molecular weight excluding hydrogens is 337 g/mol. The number of hydrogen-bond acceptors (Lipinski definition) is 3. The summed E-state index contributed by atoms with van der Waals surface area (Å²) in [5.74, 6) is -0.595.